The first kappa shape index (κ1) is 11.0. The molecule has 0 saturated carbocycles. The molecule has 74 valence electrons. The Morgan fingerprint density at radius 1 is 1.57 bits per heavy atom. The summed E-state index contributed by atoms with van der Waals surface area (Å²) in [5, 5.41) is 8.45. The molecule has 0 spiro atoms. The van der Waals surface area contributed by atoms with E-state index in [1.54, 1.807) is 6.07 Å². The lowest BCUT2D eigenvalue weighted by Gasteiger charge is -2.05. The average Bonchev–Trinajstić information content (AvgIpc) is 2.17. The highest BCUT2D eigenvalue weighted by molar-refractivity contribution is 9.08. The number of halogens is 4. The second kappa shape index (κ2) is 4.42. The predicted octanol–water partition coefficient (Wildman–Crippen LogP) is 2.92. The molecule has 0 N–H and O–H groups in total. The first-order valence-corrected chi connectivity index (χ1v) is 4.65. The van der Waals surface area contributed by atoms with Crippen molar-refractivity contribution >= 4 is 15.9 Å². The van der Waals surface area contributed by atoms with Crippen molar-refractivity contribution in [3.8, 4) is 6.07 Å². The van der Waals surface area contributed by atoms with Gasteiger partial charge in [-0.05, 0) is 6.07 Å². The Kier molecular flexibility index (Phi) is 3.47. The van der Waals surface area contributed by atoms with Crippen LogP contribution in [0.5, 0.6) is 0 Å². The summed E-state index contributed by atoms with van der Waals surface area (Å²) in [7, 11) is 0. The maximum Gasteiger partial charge on any atom is 0.266 e. The summed E-state index contributed by atoms with van der Waals surface area (Å²) in [6, 6.07) is 2.35. The third-order valence-corrected chi connectivity index (χ3v) is 2.06. The van der Waals surface area contributed by atoms with Gasteiger partial charge in [-0.2, -0.15) is 5.26 Å². The van der Waals surface area contributed by atoms with Crippen LogP contribution in [0.2, 0.25) is 0 Å². The third-order valence-electron chi connectivity index (χ3n) is 1.53. The van der Waals surface area contributed by atoms with Crippen LogP contribution in [0.4, 0.5) is 13.2 Å². The molecule has 0 fully saturated rings. The van der Waals surface area contributed by atoms with E-state index in [0.29, 0.717) is 0 Å². The van der Waals surface area contributed by atoms with Crippen molar-refractivity contribution in [2.75, 3.05) is 0 Å². The minimum atomic E-state index is -2.94. The highest BCUT2D eigenvalue weighted by Crippen LogP contribution is 2.25. The van der Waals surface area contributed by atoms with Gasteiger partial charge in [-0.25, -0.2) is 18.2 Å². The van der Waals surface area contributed by atoms with E-state index in [2.05, 4.69) is 20.9 Å². The van der Waals surface area contributed by atoms with E-state index in [0.717, 1.165) is 6.07 Å². The molecule has 6 heteroatoms. The topological polar surface area (TPSA) is 36.7 Å². The van der Waals surface area contributed by atoms with E-state index in [1.165, 1.54) is 0 Å². The van der Waals surface area contributed by atoms with Crippen LogP contribution < -0.4 is 0 Å². The standard InChI is InChI=1S/C8H4BrF3N2/c9-2-6-7(10)5(8(11)12)1-4(3-13)14-6/h1,8H,2H2. The van der Waals surface area contributed by atoms with Gasteiger partial charge in [-0.3, -0.25) is 0 Å². The molecule has 0 bridgehead atoms. The van der Waals surface area contributed by atoms with E-state index in [4.69, 9.17) is 5.26 Å². The van der Waals surface area contributed by atoms with Gasteiger partial charge in [-0.1, -0.05) is 15.9 Å². The number of rotatable bonds is 2. The van der Waals surface area contributed by atoms with Crippen LogP contribution in [0.1, 0.15) is 23.4 Å². The third kappa shape index (κ3) is 2.04. The lowest BCUT2D eigenvalue weighted by Crippen LogP contribution is -2.01. The summed E-state index contributed by atoms with van der Waals surface area (Å²) in [5.74, 6) is -1.06. The quantitative estimate of drug-likeness (QED) is 0.771. The summed E-state index contributed by atoms with van der Waals surface area (Å²) >= 11 is 2.90. The molecule has 0 aliphatic carbocycles. The van der Waals surface area contributed by atoms with Gasteiger partial charge < -0.3 is 0 Å². The number of alkyl halides is 3. The van der Waals surface area contributed by atoms with E-state index in [1.807, 2.05) is 0 Å². The van der Waals surface area contributed by atoms with Gasteiger partial charge in [0.1, 0.15) is 11.8 Å². The lowest BCUT2D eigenvalue weighted by atomic mass is 10.2. The zero-order chi connectivity index (χ0) is 10.7. The van der Waals surface area contributed by atoms with Crippen LogP contribution in [-0.4, -0.2) is 4.98 Å². The van der Waals surface area contributed by atoms with E-state index >= 15 is 0 Å². The SMILES string of the molecule is N#Cc1cc(C(F)F)c(F)c(CBr)n1. The Morgan fingerprint density at radius 2 is 2.21 bits per heavy atom. The van der Waals surface area contributed by atoms with Crippen LogP contribution in [0, 0.1) is 17.1 Å². The second-order valence-electron chi connectivity index (χ2n) is 2.40. The minimum absolute atomic E-state index is 0.00588. The lowest BCUT2D eigenvalue weighted by molar-refractivity contribution is 0.146. The highest BCUT2D eigenvalue weighted by Gasteiger charge is 2.18. The Labute approximate surface area is 86.5 Å². The fourth-order valence-electron chi connectivity index (χ4n) is 0.909. The normalized spacial score (nSPS) is 10.3. The maximum atomic E-state index is 13.2. The van der Waals surface area contributed by atoms with E-state index in [9.17, 15) is 13.2 Å². The molecule has 1 aromatic heterocycles. The number of nitrogens with zero attached hydrogens (tertiary/aromatic N) is 2. The van der Waals surface area contributed by atoms with Crippen molar-refractivity contribution in [3.05, 3.63) is 28.8 Å². The second-order valence-corrected chi connectivity index (χ2v) is 2.96. The van der Waals surface area contributed by atoms with Crippen LogP contribution in [-0.2, 0) is 5.33 Å². The molecule has 1 rings (SSSR count). The molecule has 0 atom stereocenters. The molecule has 0 amide bonds. The summed E-state index contributed by atoms with van der Waals surface area (Å²) in [4.78, 5) is 3.54. The number of pyridine rings is 1. The number of hydrogen-bond donors (Lipinski definition) is 0. The molecule has 14 heavy (non-hydrogen) atoms. The molecule has 2 nitrogen and oxygen atoms in total. The Balaban J connectivity index is 3.36. The molecule has 0 aromatic carbocycles. The molecule has 0 unspecified atom stereocenters. The molecule has 0 saturated heterocycles. The van der Waals surface area contributed by atoms with Crippen LogP contribution in [0.25, 0.3) is 0 Å². The summed E-state index contributed by atoms with van der Waals surface area (Å²) in [5.41, 5.74) is -1.18. The van der Waals surface area contributed by atoms with Gasteiger partial charge in [0.25, 0.3) is 6.43 Å². The van der Waals surface area contributed by atoms with Crippen molar-refractivity contribution < 1.29 is 13.2 Å². The van der Waals surface area contributed by atoms with Crippen molar-refractivity contribution in [3.63, 3.8) is 0 Å². The molecule has 0 radical (unpaired) electrons. The first-order chi connectivity index (χ1) is 6.60. The predicted molar refractivity (Wildman–Crippen MR) is 46.5 cm³/mol. The molecule has 0 aliphatic rings. The largest absolute Gasteiger partial charge is 0.266 e. The van der Waals surface area contributed by atoms with Crippen molar-refractivity contribution in [1.29, 1.82) is 5.26 Å². The summed E-state index contributed by atoms with van der Waals surface area (Å²) in [6.07, 6.45) is -2.94. The Hall–Kier alpha value is -1.09. The maximum absolute atomic E-state index is 13.2. The number of nitriles is 1. The average molecular weight is 265 g/mol. The van der Waals surface area contributed by atoms with Gasteiger partial charge in [-0.15, -0.1) is 0 Å². The van der Waals surface area contributed by atoms with Gasteiger partial charge in [0, 0.05) is 5.33 Å². The highest BCUT2D eigenvalue weighted by atomic mass is 79.9. The van der Waals surface area contributed by atoms with Crippen LogP contribution in [0.3, 0.4) is 0 Å². The smallest absolute Gasteiger partial charge is 0.238 e. The summed E-state index contributed by atoms with van der Waals surface area (Å²) < 4.78 is 37.7. The van der Waals surface area contributed by atoms with Gasteiger partial charge in [0.2, 0.25) is 0 Å². The van der Waals surface area contributed by atoms with Gasteiger partial charge in [0.15, 0.2) is 5.82 Å². The van der Waals surface area contributed by atoms with E-state index < -0.39 is 17.8 Å². The molecule has 0 aliphatic heterocycles. The number of aromatic nitrogens is 1. The van der Waals surface area contributed by atoms with Crippen molar-refractivity contribution in [1.82, 2.24) is 4.98 Å². The Bertz CT molecular complexity index is 387. The van der Waals surface area contributed by atoms with Gasteiger partial charge in [0.05, 0.1) is 11.3 Å². The monoisotopic (exact) mass is 264 g/mol. The Morgan fingerprint density at radius 3 is 2.64 bits per heavy atom. The van der Waals surface area contributed by atoms with Crippen LogP contribution in [0.15, 0.2) is 6.07 Å². The minimum Gasteiger partial charge on any atom is -0.238 e. The molecule has 1 heterocycles. The zero-order valence-electron chi connectivity index (χ0n) is 6.77. The van der Waals surface area contributed by atoms with Gasteiger partial charge >= 0.3 is 0 Å². The fraction of sp³-hybridized carbons (Fsp3) is 0.250. The fourth-order valence-corrected chi connectivity index (χ4v) is 1.28. The van der Waals surface area contributed by atoms with Crippen molar-refractivity contribution in [2.45, 2.75) is 11.8 Å². The summed E-state index contributed by atoms with van der Waals surface area (Å²) in [6.45, 7) is 0. The van der Waals surface area contributed by atoms with Crippen molar-refractivity contribution in [2.24, 2.45) is 0 Å². The van der Waals surface area contributed by atoms with E-state index in [-0.39, 0.29) is 16.7 Å². The molecule has 1 aromatic rings. The molecular formula is C8H4BrF3N2. The number of hydrogen-bond acceptors (Lipinski definition) is 2. The first-order valence-electron chi connectivity index (χ1n) is 3.53. The zero-order valence-corrected chi connectivity index (χ0v) is 8.35. The van der Waals surface area contributed by atoms with Crippen LogP contribution >= 0.6 is 15.9 Å². The molecular weight excluding hydrogens is 261 g/mol.